The van der Waals surface area contributed by atoms with Crippen molar-refractivity contribution in [3.05, 3.63) is 59.4 Å². The highest BCUT2D eigenvalue weighted by molar-refractivity contribution is 7.93. The summed E-state index contributed by atoms with van der Waals surface area (Å²) in [5.74, 6) is -1.07. The van der Waals surface area contributed by atoms with Gasteiger partial charge in [-0.05, 0) is 62.2 Å². The highest BCUT2D eigenvalue weighted by atomic mass is 32.2. The van der Waals surface area contributed by atoms with Gasteiger partial charge in [-0.25, -0.2) is 12.8 Å². The molecule has 8 heteroatoms. The molecule has 2 rings (SSSR count). The zero-order chi connectivity index (χ0) is 20.0. The summed E-state index contributed by atoms with van der Waals surface area (Å²) in [6.45, 7) is 5.52. The Morgan fingerprint density at radius 3 is 2.41 bits per heavy atom. The molecule has 0 aliphatic carbocycles. The first-order valence-corrected chi connectivity index (χ1v) is 10.1. The normalized spacial score (nSPS) is 11.3. The van der Waals surface area contributed by atoms with Crippen LogP contribution in [0.5, 0.6) is 5.75 Å². The van der Waals surface area contributed by atoms with Crippen LogP contribution in [0.3, 0.4) is 0 Å². The summed E-state index contributed by atoms with van der Waals surface area (Å²) in [5, 5.41) is 2.52. The Kier molecular flexibility index (Phi) is 6.79. The van der Waals surface area contributed by atoms with Gasteiger partial charge in [-0.1, -0.05) is 12.1 Å². The number of amides is 1. The highest BCUT2D eigenvalue weighted by Crippen LogP contribution is 2.18. The average molecular weight is 394 g/mol. The summed E-state index contributed by atoms with van der Waals surface area (Å²) < 4.78 is 45.3. The third kappa shape index (κ3) is 6.90. The standard InChI is InChI=1S/C19H23FN2O4S/c1-13(2)26-17-7-5-16(6-8-17)22-27(24,25)12-19(23)21-11-15-4-9-18(20)14(3)10-15/h4-10,13,22H,11-12H2,1-3H3,(H,21,23). The van der Waals surface area contributed by atoms with Gasteiger partial charge in [0.25, 0.3) is 0 Å². The number of hydrogen-bond acceptors (Lipinski definition) is 4. The van der Waals surface area contributed by atoms with Crippen LogP contribution in [0, 0.1) is 12.7 Å². The molecular formula is C19H23FN2O4S. The monoisotopic (exact) mass is 394 g/mol. The van der Waals surface area contributed by atoms with Crippen LogP contribution in [-0.4, -0.2) is 26.2 Å². The highest BCUT2D eigenvalue weighted by Gasteiger charge is 2.16. The molecule has 146 valence electrons. The number of aryl methyl sites for hydroxylation is 1. The number of halogens is 1. The molecule has 2 aromatic rings. The van der Waals surface area contributed by atoms with Crippen molar-refractivity contribution in [2.45, 2.75) is 33.4 Å². The summed E-state index contributed by atoms with van der Waals surface area (Å²) >= 11 is 0. The molecule has 0 bridgehead atoms. The van der Waals surface area contributed by atoms with Gasteiger partial charge in [0.05, 0.1) is 6.10 Å². The van der Waals surface area contributed by atoms with E-state index >= 15 is 0 Å². The Morgan fingerprint density at radius 1 is 1.15 bits per heavy atom. The molecule has 0 heterocycles. The molecule has 2 N–H and O–H groups in total. The van der Waals surface area contributed by atoms with Crippen LogP contribution in [0.15, 0.2) is 42.5 Å². The smallest absolute Gasteiger partial charge is 0.241 e. The van der Waals surface area contributed by atoms with Gasteiger partial charge in [0.1, 0.15) is 17.3 Å². The van der Waals surface area contributed by atoms with Crippen molar-refractivity contribution in [1.82, 2.24) is 5.32 Å². The Morgan fingerprint density at radius 2 is 1.81 bits per heavy atom. The molecule has 0 saturated carbocycles. The molecule has 0 fully saturated rings. The minimum atomic E-state index is -3.85. The lowest BCUT2D eigenvalue weighted by Gasteiger charge is -2.12. The van der Waals surface area contributed by atoms with Gasteiger partial charge in [0, 0.05) is 12.2 Å². The van der Waals surface area contributed by atoms with Crippen LogP contribution in [0.2, 0.25) is 0 Å². The Labute approximate surface area is 158 Å². The van der Waals surface area contributed by atoms with Gasteiger partial charge in [-0.3, -0.25) is 9.52 Å². The lowest BCUT2D eigenvalue weighted by Crippen LogP contribution is -2.32. The van der Waals surface area contributed by atoms with Crippen LogP contribution >= 0.6 is 0 Å². The van der Waals surface area contributed by atoms with Crippen molar-refractivity contribution in [2.75, 3.05) is 10.5 Å². The molecule has 0 aliphatic rings. The van der Waals surface area contributed by atoms with Gasteiger partial charge >= 0.3 is 0 Å². The number of ether oxygens (including phenoxy) is 1. The largest absolute Gasteiger partial charge is 0.491 e. The molecule has 6 nitrogen and oxygen atoms in total. The molecule has 0 unspecified atom stereocenters. The molecule has 0 aromatic heterocycles. The molecule has 27 heavy (non-hydrogen) atoms. The maximum absolute atomic E-state index is 13.2. The van der Waals surface area contributed by atoms with E-state index in [0.717, 1.165) is 0 Å². The lowest BCUT2D eigenvalue weighted by molar-refractivity contribution is -0.118. The first-order valence-electron chi connectivity index (χ1n) is 8.43. The van der Waals surface area contributed by atoms with Crippen LogP contribution in [0.4, 0.5) is 10.1 Å². The summed E-state index contributed by atoms with van der Waals surface area (Å²) in [6, 6.07) is 10.9. The van der Waals surface area contributed by atoms with E-state index in [2.05, 4.69) is 10.0 Å². The van der Waals surface area contributed by atoms with Crippen molar-refractivity contribution in [3.63, 3.8) is 0 Å². The van der Waals surface area contributed by atoms with Crippen molar-refractivity contribution >= 4 is 21.6 Å². The summed E-state index contributed by atoms with van der Waals surface area (Å²) in [4.78, 5) is 11.9. The number of carbonyl (C=O) groups excluding carboxylic acids is 1. The van der Waals surface area contributed by atoms with E-state index in [1.54, 1.807) is 37.3 Å². The topological polar surface area (TPSA) is 84.5 Å². The molecular weight excluding hydrogens is 371 g/mol. The SMILES string of the molecule is Cc1cc(CNC(=O)CS(=O)(=O)Nc2ccc(OC(C)C)cc2)ccc1F. The summed E-state index contributed by atoms with van der Waals surface area (Å²) in [7, 11) is -3.85. The van der Waals surface area contributed by atoms with E-state index in [0.29, 0.717) is 22.6 Å². The minimum absolute atomic E-state index is 0.0149. The maximum Gasteiger partial charge on any atom is 0.241 e. The van der Waals surface area contributed by atoms with Crippen LogP contribution in [-0.2, 0) is 21.4 Å². The predicted octanol–water partition coefficient (Wildman–Crippen LogP) is 2.98. The van der Waals surface area contributed by atoms with Gasteiger partial charge in [-0.2, -0.15) is 0 Å². The zero-order valence-corrected chi connectivity index (χ0v) is 16.3. The van der Waals surface area contributed by atoms with E-state index in [1.807, 2.05) is 13.8 Å². The molecule has 0 atom stereocenters. The lowest BCUT2D eigenvalue weighted by atomic mass is 10.1. The second-order valence-electron chi connectivity index (χ2n) is 6.41. The molecule has 0 radical (unpaired) electrons. The molecule has 0 saturated heterocycles. The fraction of sp³-hybridized carbons (Fsp3) is 0.316. The van der Waals surface area contributed by atoms with E-state index in [-0.39, 0.29) is 18.5 Å². The van der Waals surface area contributed by atoms with Crippen molar-refractivity contribution in [1.29, 1.82) is 0 Å². The quantitative estimate of drug-likeness (QED) is 0.721. The van der Waals surface area contributed by atoms with Gasteiger partial charge < -0.3 is 10.1 Å². The molecule has 0 aliphatic heterocycles. The van der Waals surface area contributed by atoms with E-state index < -0.39 is 21.7 Å². The van der Waals surface area contributed by atoms with Crippen molar-refractivity contribution in [3.8, 4) is 5.75 Å². The second-order valence-corrected chi connectivity index (χ2v) is 8.13. The Bertz CT molecular complexity index is 896. The van der Waals surface area contributed by atoms with Crippen LogP contribution in [0.25, 0.3) is 0 Å². The first kappa shape index (κ1) is 20.7. The second kappa shape index (κ2) is 8.85. The van der Waals surface area contributed by atoms with Crippen LogP contribution < -0.4 is 14.8 Å². The Balaban J connectivity index is 1.89. The van der Waals surface area contributed by atoms with E-state index in [1.165, 1.54) is 12.1 Å². The van der Waals surface area contributed by atoms with E-state index in [9.17, 15) is 17.6 Å². The van der Waals surface area contributed by atoms with Crippen molar-refractivity contribution in [2.24, 2.45) is 0 Å². The number of anilines is 1. The average Bonchev–Trinajstić information content (AvgIpc) is 2.56. The minimum Gasteiger partial charge on any atom is -0.491 e. The summed E-state index contributed by atoms with van der Waals surface area (Å²) in [5.41, 5.74) is 1.49. The fourth-order valence-electron chi connectivity index (χ4n) is 2.33. The molecule has 1 amide bonds. The molecule has 0 spiro atoms. The number of sulfonamides is 1. The third-order valence-electron chi connectivity index (χ3n) is 3.53. The number of nitrogens with one attached hydrogen (secondary N) is 2. The zero-order valence-electron chi connectivity index (χ0n) is 15.5. The van der Waals surface area contributed by atoms with Gasteiger partial charge in [0.15, 0.2) is 0 Å². The van der Waals surface area contributed by atoms with Crippen LogP contribution in [0.1, 0.15) is 25.0 Å². The van der Waals surface area contributed by atoms with Gasteiger partial charge in [0.2, 0.25) is 15.9 Å². The number of benzene rings is 2. The Hall–Kier alpha value is -2.61. The fourth-order valence-corrected chi connectivity index (χ4v) is 3.34. The van der Waals surface area contributed by atoms with Crippen molar-refractivity contribution < 1.29 is 22.3 Å². The number of hydrogen-bond donors (Lipinski definition) is 2. The third-order valence-corrected chi connectivity index (χ3v) is 4.72. The van der Waals surface area contributed by atoms with E-state index in [4.69, 9.17) is 4.74 Å². The first-order chi connectivity index (χ1) is 12.6. The summed E-state index contributed by atoms with van der Waals surface area (Å²) in [6.07, 6.45) is 0.0149. The van der Waals surface area contributed by atoms with Gasteiger partial charge in [-0.15, -0.1) is 0 Å². The number of rotatable bonds is 8. The molecule has 2 aromatic carbocycles. The predicted molar refractivity (Wildman–Crippen MR) is 103 cm³/mol. The number of carbonyl (C=O) groups is 1. The maximum atomic E-state index is 13.2.